The molecule has 1 atom stereocenters. The number of amides is 1. The molecule has 7 nitrogen and oxygen atoms in total. The van der Waals surface area contributed by atoms with Crippen LogP contribution < -0.4 is 10.2 Å². The number of halogens is 1. The third-order valence-corrected chi connectivity index (χ3v) is 8.37. The van der Waals surface area contributed by atoms with Crippen LogP contribution in [0.5, 0.6) is 5.75 Å². The molecule has 0 fully saturated rings. The number of nitrogens with zero attached hydrogens (tertiary/aromatic N) is 1. The molecule has 1 amide bonds. The highest BCUT2D eigenvalue weighted by atomic mass is 32.2. The first-order valence-electron chi connectivity index (χ1n) is 10.6. The van der Waals surface area contributed by atoms with Crippen molar-refractivity contribution in [3.63, 3.8) is 0 Å². The van der Waals surface area contributed by atoms with E-state index in [-0.39, 0.29) is 12.2 Å². The molecular formula is C24H29FN2O5S. The molecule has 0 radical (unpaired) electrons. The van der Waals surface area contributed by atoms with Gasteiger partial charge in [-0.25, -0.2) is 18.3 Å². The quantitative estimate of drug-likeness (QED) is 0.448. The molecule has 0 saturated heterocycles. The number of hydrogen-bond acceptors (Lipinski definition) is 6. The van der Waals surface area contributed by atoms with Gasteiger partial charge in [-0.1, -0.05) is 36.4 Å². The van der Waals surface area contributed by atoms with Crippen molar-refractivity contribution in [2.75, 3.05) is 33.0 Å². The number of benzene rings is 2. The molecule has 9 heteroatoms. The summed E-state index contributed by atoms with van der Waals surface area (Å²) in [6, 6.07) is 12.8. The maximum absolute atomic E-state index is 14.0. The van der Waals surface area contributed by atoms with Gasteiger partial charge in [0.05, 0.1) is 7.11 Å². The molecule has 3 rings (SSSR count). The lowest BCUT2D eigenvalue weighted by molar-refractivity contribution is -0.131. The molecule has 1 heterocycles. The Morgan fingerprint density at radius 3 is 2.33 bits per heavy atom. The van der Waals surface area contributed by atoms with Crippen molar-refractivity contribution in [3.8, 4) is 16.9 Å². The molecule has 178 valence electrons. The van der Waals surface area contributed by atoms with E-state index < -0.39 is 26.3 Å². The number of sulfone groups is 1. The van der Waals surface area contributed by atoms with Gasteiger partial charge in [0.25, 0.3) is 5.91 Å². The van der Waals surface area contributed by atoms with Crippen molar-refractivity contribution in [1.29, 1.82) is 0 Å². The number of hydrogen-bond donors (Lipinski definition) is 2. The molecule has 0 bridgehead atoms. The zero-order valence-corrected chi connectivity index (χ0v) is 19.8. The van der Waals surface area contributed by atoms with Crippen LogP contribution in [0, 0.1) is 5.82 Å². The van der Waals surface area contributed by atoms with Crippen molar-refractivity contribution in [1.82, 2.24) is 10.4 Å². The van der Waals surface area contributed by atoms with Gasteiger partial charge in [-0.15, -0.1) is 0 Å². The van der Waals surface area contributed by atoms with E-state index in [2.05, 4.69) is 11.0 Å². The van der Waals surface area contributed by atoms with E-state index in [0.717, 1.165) is 35.9 Å². The van der Waals surface area contributed by atoms with E-state index in [1.54, 1.807) is 6.07 Å². The smallest absolute Gasteiger partial charge is 0.264 e. The van der Waals surface area contributed by atoms with Gasteiger partial charge < -0.3 is 4.74 Å². The summed E-state index contributed by atoms with van der Waals surface area (Å²) in [6.45, 7) is 3.08. The first-order valence-corrected chi connectivity index (χ1v) is 12.5. The summed E-state index contributed by atoms with van der Waals surface area (Å²) in [5.74, 6) is -1.12. The van der Waals surface area contributed by atoms with Crippen LogP contribution in [-0.2, 0) is 14.6 Å². The predicted octanol–water partition coefficient (Wildman–Crippen LogP) is 3.29. The van der Waals surface area contributed by atoms with E-state index in [0.29, 0.717) is 13.1 Å². The molecular weight excluding hydrogens is 447 g/mol. The van der Waals surface area contributed by atoms with Crippen molar-refractivity contribution < 1.29 is 27.5 Å². The second kappa shape index (κ2) is 10.0. The Labute approximate surface area is 193 Å². The van der Waals surface area contributed by atoms with Crippen molar-refractivity contribution >= 4 is 21.3 Å². The van der Waals surface area contributed by atoms with Crippen LogP contribution in [0.1, 0.15) is 25.3 Å². The van der Waals surface area contributed by atoms with Gasteiger partial charge in [0.1, 0.15) is 0 Å². The zero-order valence-electron chi connectivity index (χ0n) is 19.0. The topological polar surface area (TPSA) is 95.9 Å². The Bertz CT molecular complexity index is 1150. The molecule has 0 saturated carbocycles. The summed E-state index contributed by atoms with van der Waals surface area (Å²) < 4.78 is 41.5. The highest BCUT2D eigenvalue weighted by molar-refractivity contribution is 7.92. The maximum Gasteiger partial charge on any atom is 0.264 e. The highest BCUT2D eigenvalue weighted by Crippen LogP contribution is 2.29. The first-order chi connectivity index (χ1) is 15.6. The summed E-state index contributed by atoms with van der Waals surface area (Å²) in [6.07, 6.45) is 3.95. The van der Waals surface area contributed by atoms with Crippen LogP contribution in [0.4, 0.5) is 4.39 Å². The van der Waals surface area contributed by atoms with Crippen LogP contribution in [0.15, 0.2) is 48.5 Å². The molecule has 0 aromatic heterocycles. The monoisotopic (exact) mass is 476 g/mol. The summed E-state index contributed by atoms with van der Waals surface area (Å²) in [5, 5.41) is 8.95. The Morgan fingerprint density at radius 2 is 1.82 bits per heavy atom. The van der Waals surface area contributed by atoms with Crippen molar-refractivity contribution in [2.24, 2.45) is 0 Å². The molecule has 1 aliphatic heterocycles. The van der Waals surface area contributed by atoms with E-state index in [1.807, 2.05) is 30.3 Å². The Kier molecular flexibility index (Phi) is 7.56. The zero-order chi connectivity index (χ0) is 24.2. The van der Waals surface area contributed by atoms with Gasteiger partial charge in [-0.3, -0.25) is 14.9 Å². The van der Waals surface area contributed by atoms with Crippen LogP contribution in [0.3, 0.4) is 0 Å². The number of ether oxygens (including phenoxy) is 1. The number of nitrogens with one attached hydrogen (secondary N) is 1. The Balaban J connectivity index is 1.65. The first kappa shape index (κ1) is 24.9. The normalized spacial score (nSPS) is 16.6. The minimum Gasteiger partial charge on any atom is -0.494 e. The molecule has 2 aromatic carbocycles. The number of hydroxylamine groups is 1. The SMILES string of the molecule is COc1ccc(-c2ccc(C3=CCN(CCC(C)(C(=O)NO)S(C)(=O)=O)CC3)cc2)cc1F. The largest absolute Gasteiger partial charge is 0.494 e. The molecule has 1 unspecified atom stereocenters. The average molecular weight is 477 g/mol. The summed E-state index contributed by atoms with van der Waals surface area (Å²) in [7, 11) is -2.28. The summed E-state index contributed by atoms with van der Waals surface area (Å²) in [4.78, 5) is 14.0. The van der Waals surface area contributed by atoms with Gasteiger partial charge in [-0.2, -0.15) is 0 Å². The van der Waals surface area contributed by atoms with Crippen LogP contribution >= 0.6 is 0 Å². The lowest BCUT2D eigenvalue weighted by atomic mass is 9.96. The predicted molar refractivity (Wildman–Crippen MR) is 125 cm³/mol. The van der Waals surface area contributed by atoms with E-state index in [1.165, 1.54) is 31.2 Å². The average Bonchev–Trinajstić information content (AvgIpc) is 2.81. The lowest BCUT2D eigenvalue weighted by Crippen LogP contribution is -2.51. The fourth-order valence-corrected chi connectivity index (χ4v) is 4.70. The molecule has 0 aliphatic carbocycles. The van der Waals surface area contributed by atoms with Crippen LogP contribution in [0.25, 0.3) is 16.7 Å². The number of carbonyl (C=O) groups excluding carboxylic acids is 1. The Morgan fingerprint density at radius 1 is 1.18 bits per heavy atom. The number of carbonyl (C=O) groups is 1. The van der Waals surface area contributed by atoms with Gasteiger partial charge in [-0.05, 0) is 54.2 Å². The van der Waals surface area contributed by atoms with Crippen molar-refractivity contribution in [3.05, 3.63) is 59.9 Å². The summed E-state index contributed by atoms with van der Waals surface area (Å²) in [5.41, 5.74) is 5.40. The molecule has 33 heavy (non-hydrogen) atoms. The highest BCUT2D eigenvalue weighted by Gasteiger charge is 2.43. The van der Waals surface area contributed by atoms with Crippen molar-refractivity contribution in [2.45, 2.75) is 24.5 Å². The Hall–Kier alpha value is -2.75. The second-order valence-electron chi connectivity index (χ2n) is 8.40. The van der Waals surface area contributed by atoms with Crippen LogP contribution in [0.2, 0.25) is 0 Å². The fourth-order valence-electron chi connectivity index (χ4n) is 3.86. The maximum atomic E-state index is 14.0. The van der Waals surface area contributed by atoms with Crippen LogP contribution in [-0.4, -0.2) is 62.2 Å². The molecule has 2 N–H and O–H groups in total. The third-order valence-electron chi connectivity index (χ3n) is 6.34. The minimum absolute atomic E-state index is 0.0779. The standard InChI is InChI=1S/C24H29FN2O5S/c1-24(23(28)26-29,33(3,30)31)12-15-27-13-10-19(11-14-27)17-4-6-18(7-5-17)20-8-9-22(32-2)21(25)16-20/h4-10,16,29H,11-15H2,1-3H3,(H,26,28). The number of methoxy groups -OCH3 is 1. The van der Waals surface area contributed by atoms with E-state index in [4.69, 9.17) is 9.94 Å². The fraction of sp³-hybridized carbons (Fsp3) is 0.375. The van der Waals surface area contributed by atoms with Gasteiger partial charge in [0.15, 0.2) is 26.2 Å². The number of rotatable bonds is 8. The van der Waals surface area contributed by atoms with Gasteiger partial charge >= 0.3 is 0 Å². The second-order valence-corrected chi connectivity index (χ2v) is 10.8. The molecule has 2 aromatic rings. The minimum atomic E-state index is -3.71. The van der Waals surface area contributed by atoms with E-state index in [9.17, 15) is 17.6 Å². The van der Waals surface area contributed by atoms with Gasteiger partial charge in [0.2, 0.25) is 0 Å². The van der Waals surface area contributed by atoms with Gasteiger partial charge in [0, 0.05) is 25.9 Å². The lowest BCUT2D eigenvalue weighted by Gasteiger charge is -2.31. The summed E-state index contributed by atoms with van der Waals surface area (Å²) >= 11 is 0. The molecule has 0 spiro atoms. The third kappa shape index (κ3) is 5.43. The molecule has 1 aliphatic rings. The van der Waals surface area contributed by atoms with E-state index >= 15 is 0 Å².